The normalized spacial score (nSPS) is 20.2. The molecule has 0 aliphatic heterocycles. The number of fused-ring (bicyclic) bond motifs is 1. The van der Waals surface area contributed by atoms with Gasteiger partial charge in [-0.1, -0.05) is 25.3 Å². The molecule has 4 heteroatoms. The Morgan fingerprint density at radius 2 is 1.91 bits per heavy atom. The van der Waals surface area contributed by atoms with E-state index in [9.17, 15) is 10.1 Å². The van der Waals surface area contributed by atoms with Crippen LogP contribution in [0.15, 0.2) is 18.2 Å². The molecule has 1 atom stereocenters. The summed E-state index contributed by atoms with van der Waals surface area (Å²) >= 11 is 0. The molecule has 23 heavy (non-hydrogen) atoms. The third kappa shape index (κ3) is 3.50. The van der Waals surface area contributed by atoms with Gasteiger partial charge in [0, 0.05) is 5.69 Å². The fourth-order valence-electron chi connectivity index (χ4n) is 3.74. The topological polar surface area (TPSA) is 64.9 Å². The van der Waals surface area contributed by atoms with Crippen LogP contribution in [0.25, 0.3) is 0 Å². The number of nitrogens with one attached hydrogen (secondary N) is 2. The summed E-state index contributed by atoms with van der Waals surface area (Å²) in [5.41, 5.74) is 3.15. The van der Waals surface area contributed by atoms with E-state index in [-0.39, 0.29) is 11.9 Å². The summed E-state index contributed by atoms with van der Waals surface area (Å²) in [4.78, 5) is 12.5. The van der Waals surface area contributed by atoms with Crippen molar-refractivity contribution in [3.05, 3.63) is 29.3 Å². The molecule has 0 spiro atoms. The lowest BCUT2D eigenvalue weighted by Gasteiger charge is -2.32. The first kappa shape index (κ1) is 15.9. The fraction of sp³-hybridized carbons (Fsp3) is 0.579. The summed E-state index contributed by atoms with van der Waals surface area (Å²) in [5.74, 6) is -0.0889. The molecule has 0 unspecified atom stereocenters. The van der Waals surface area contributed by atoms with Crippen LogP contribution in [0.5, 0.6) is 0 Å². The maximum atomic E-state index is 12.5. The van der Waals surface area contributed by atoms with Crippen LogP contribution in [-0.2, 0) is 17.6 Å². The van der Waals surface area contributed by atoms with Crippen molar-refractivity contribution in [2.75, 3.05) is 5.32 Å². The van der Waals surface area contributed by atoms with Gasteiger partial charge in [0.15, 0.2) is 0 Å². The minimum atomic E-state index is -0.663. The Kier molecular flexibility index (Phi) is 4.56. The third-order valence-corrected chi connectivity index (χ3v) is 5.16. The van der Waals surface area contributed by atoms with E-state index >= 15 is 0 Å². The van der Waals surface area contributed by atoms with Crippen molar-refractivity contribution in [1.82, 2.24) is 5.32 Å². The lowest BCUT2D eigenvalue weighted by atomic mass is 9.82. The molecule has 2 aliphatic rings. The third-order valence-electron chi connectivity index (χ3n) is 5.16. The Balaban J connectivity index is 1.62. The molecule has 0 bridgehead atoms. The highest BCUT2D eigenvalue weighted by molar-refractivity contribution is 5.85. The quantitative estimate of drug-likeness (QED) is 0.896. The van der Waals surface area contributed by atoms with Crippen molar-refractivity contribution in [1.29, 1.82) is 5.26 Å². The minimum absolute atomic E-state index is 0.0889. The molecule has 4 nitrogen and oxygen atoms in total. The number of nitrogens with zero attached hydrogens (tertiary/aromatic N) is 1. The highest BCUT2D eigenvalue weighted by Crippen LogP contribution is 2.28. The van der Waals surface area contributed by atoms with E-state index in [4.69, 9.17) is 0 Å². The predicted molar refractivity (Wildman–Crippen MR) is 91.1 cm³/mol. The zero-order valence-corrected chi connectivity index (χ0v) is 13.8. The van der Waals surface area contributed by atoms with Gasteiger partial charge in [-0.3, -0.25) is 4.79 Å². The van der Waals surface area contributed by atoms with E-state index in [1.54, 1.807) is 0 Å². The molecule has 2 N–H and O–H groups in total. The molecule has 1 aromatic rings. The van der Waals surface area contributed by atoms with Gasteiger partial charge in [0.25, 0.3) is 0 Å². The summed E-state index contributed by atoms with van der Waals surface area (Å²) in [6.45, 7) is 1.86. The SMILES string of the molecule is C[C@@H](Nc1ccc2c(c1)CCC2)C(=O)NC1(C#N)CCCCC1. The molecule has 0 aromatic heterocycles. The number of amides is 1. The second-order valence-electron chi connectivity index (χ2n) is 6.95. The highest BCUT2D eigenvalue weighted by Gasteiger charge is 2.34. The second kappa shape index (κ2) is 6.62. The maximum Gasteiger partial charge on any atom is 0.243 e. The zero-order valence-electron chi connectivity index (χ0n) is 13.8. The average molecular weight is 311 g/mol. The summed E-state index contributed by atoms with van der Waals surface area (Å²) in [6, 6.07) is 8.37. The summed E-state index contributed by atoms with van der Waals surface area (Å²) in [7, 11) is 0. The van der Waals surface area contributed by atoms with Gasteiger partial charge in [-0.25, -0.2) is 0 Å². The largest absolute Gasteiger partial charge is 0.374 e. The molecule has 122 valence electrons. The molecule has 0 saturated heterocycles. The van der Waals surface area contributed by atoms with Crippen molar-refractivity contribution in [2.24, 2.45) is 0 Å². The van der Waals surface area contributed by atoms with Crippen LogP contribution in [-0.4, -0.2) is 17.5 Å². The van der Waals surface area contributed by atoms with Crippen LogP contribution >= 0.6 is 0 Å². The summed E-state index contributed by atoms with van der Waals surface area (Å²) in [5, 5.41) is 15.8. The van der Waals surface area contributed by atoms with Crippen LogP contribution in [0.1, 0.15) is 56.6 Å². The first-order valence-corrected chi connectivity index (χ1v) is 8.73. The van der Waals surface area contributed by atoms with Crippen molar-refractivity contribution in [2.45, 2.75) is 69.9 Å². The highest BCUT2D eigenvalue weighted by atomic mass is 16.2. The van der Waals surface area contributed by atoms with Gasteiger partial charge in [-0.15, -0.1) is 0 Å². The van der Waals surface area contributed by atoms with Gasteiger partial charge >= 0.3 is 0 Å². The average Bonchev–Trinajstić information content (AvgIpc) is 3.03. The van der Waals surface area contributed by atoms with Crippen molar-refractivity contribution < 1.29 is 4.79 Å². The van der Waals surface area contributed by atoms with Crippen LogP contribution < -0.4 is 10.6 Å². The molecule has 3 rings (SSSR count). The first-order chi connectivity index (χ1) is 11.1. The Hall–Kier alpha value is -2.02. The Morgan fingerprint density at radius 3 is 2.65 bits per heavy atom. The number of nitriles is 1. The van der Waals surface area contributed by atoms with Gasteiger partial charge in [0.05, 0.1) is 6.07 Å². The minimum Gasteiger partial charge on any atom is -0.374 e. The number of hydrogen-bond acceptors (Lipinski definition) is 3. The summed E-state index contributed by atoms with van der Waals surface area (Å²) in [6.07, 6.45) is 8.23. The van der Waals surface area contributed by atoms with Gasteiger partial charge in [-0.05, 0) is 62.3 Å². The Morgan fingerprint density at radius 1 is 1.17 bits per heavy atom. The monoisotopic (exact) mass is 311 g/mol. The van der Waals surface area contributed by atoms with Gasteiger partial charge in [0.2, 0.25) is 5.91 Å². The molecule has 1 aromatic carbocycles. The van der Waals surface area contributed by atoms with E-state index in [0.29, 0.717) is 0 Å². The Bertz CT molecular complexity index is 626. The number of hydrogen-bond donors (Lipinski definition) is 2. The van der Waals surface area contributed by atoms with Crippen LogP contribution in [0.4, 0.5) is 5.69 Å². The van der Waals surface area contributed by atoms with E-state index in [1.165, 1.54) is 17.5 Å². The van der Waals surface area contributed by atoms with Crippen molar-refractivity contribution in [3.63, 3.8) is 0 Å². The fourth-order valence-corrected chi connectivity index (χ4v) is 3.74. The number of anilines is 1. The maximum absolute atomic E-state index is 12.5. The van der Waals surface area contributed by atoms with E-state index < -0.39 is 5.54 Å². The molecular weight excluding hydrogens is 286 g/mol. The van der Waals surface area contributed by atoms with Crippen LogP contribution in [0.2, 0.25) is 0 Å². The van der Waals surface area contributed by atoms with Gasteiger partial charge < -0.3 is 10.6 Å². The molecule has 0 radical (unpaired) electrons. The second-order valence-corrected chi connectivity index (χ2v) is 6.95. The van der Waals surface area contributed by atoms with Crippen molar-refractivity contribution >= 4 is 11.6 Å². The predicted octanol–water partition coefficient (Wildman–Crippen LogP) is 3.32. The molecular formula is C19H25N3O. The van der Waals surface area contributed by atoms with Crippen molar-refractivity contribution in [3.8, 4) is 6.07 Å². The Labute approximate surface area is 138 Å². The van der Waals surface area contributed by atoms with Crippen LogP contribution in [0, 0.1) is 11.3 Å². The number of rotatable bonds is 4. The molecule has 1 amide bonds. The van der Waals surface area contributed by atoms with E-state index in [2.05, 4.69) is 34.9 Å². The molecule has 2 aliphatic carbocycles. The lowest BCUT2D eigenvalue weighted by molar-refractivity contribution is -0.123. The number of benzene rings is 1. The van der Waals surface area contributed by atoms with Gasteiger partial charge in [0.1, 0.15) is 11.6 Å². The first-order valence-electron chi connectivity index (χ1n) is 8.73. The molecule has 0 heterocycles. The standard InChI is InChI=1S/C19H25N3O/c1-14(18(23)22-19(13-20)10-3-2-4-11-19)21-17-9-8-15-6-5-7-16(15)12-17/h8-9,12,14,21H,2-7,10-11H2,1H3,(H,22,23)/t14-/m1/s1. The smallest absolute Gasteiger partial charge is 0.243 e. The zero-order chi connectivity index (χ0) is 16.3. The number of carbonyl (C=O) groups is 1. The number of aryl methyl sites for hydroxylation is 2. The molecule has 1 fully saturated rings. The lowest BCUT2D eigenvalue weighted by Crippen LogP contribution is -2.52. The summed E-state index contributed by atoms with van der Waals surface area (Å²) < 4.78 is 0. The van der Waals surface area contributed by atoms with E-state index in [1.807, 2.05) is 6.92 Å². The van der Waals surface area contributed by atoms with Gasteiger partial charge in [-0.2, -0.15) is 5.26 Å². The number of carbonyl (C=O) groups excluding carboxylic acids is 1. The van der Waals surface area contributed by atoms with E-state index in [0.717, 1.165) is 50.6 Å². The molecule has 1 saturated carbocycles. The van der Waals surface area contributed by atoms with Crippen LogP contribution in [0.3, 0.4) is 0 Å².